The lowest BCUT2D eigenvalue weighted by molar-refractivity contribution is -0.171. The summed E-state index contributed by atoms with van der Waals surface area (Å²) in [6.45, 7) is 13.7. The fourth-order valence-corrected chi connectivity index (χ4v) is 0.612. The van der Waals surface area contributed by atoms with Crippen LogP contribution in [0.3, 0.4) is 0 Å². The summed E-state index contributed by atoms with van der Waals surface area (Å²) in [5.74, 6) is 0. The molecule has 0 bridgehead atoms. The summed E-state index contributed by atoms with van der Waals surface area (Å²) in [5.41, 5.74) is -3.54. The van der Waals surface area contributed by atoms with Crippen LogP contribution in [0.5, 0.6) is 0 Å². The zero-order chi connectivity index (χ0) is 14.8. The normalized spacial score (nSPS) is 14.8. The maximum atomic E-state index is 9.88. The molecule has 0 spiro atoms. The molecule has 0 aliphatic heterocycles. The Labute approximate surface area is 111 Å². The first kappa shape index (κ1) is 17.9. The Morgan fingerprint density at radius 3 is 1.50 bits per heavy atom. The summed E-state index contributed by atoms with van der Waals surface area (Å²) in [4.78, 5) is 5.34. The lowest BCUT2D eigenvalue weighted by atomic mass is 9.88. The van der Waals surface area contributed by atoms with Gasteiger partial charge in [-0.3, -0.25) is 0 Å². The van der Waals surface area contributed by atoms with Crippen molar-refractivity contribution in [1.82, 2.24) is 5.39 Å². The minimum Gasteiger partial charge on any atom is -0.415 e. The van der Waals surface area contributed by atoms with Gasteiger partial charge in [-0.25, -0.2) is 5.39 Å². The molecule has 0 atom stereocenters. The molecular weight excluding hydrogens is 233 g/mol. The highest BCUT2D eigenvalue weighted by Gasteiger charge is 2.38. The first-order chi connectivity index (χ1) is 7.71. The minimum absolute atomic E-state index is 0.762. The van der Waals surface area contributed by atoms with Crippen molar-refractivity contribution in [3.8, 4) is 0 Å². The van der Waals surface area contributed by atoms with Crippen LogP contribution in [0, 0.1) is 0 Å². The zero-order valence-electron chi connectivity index (χ0n) is 12.8. The zero-order valence-corrected chi connectivity index (χ0v) is 12.8. The summed E-state index contributed by atoms with van der Waals surface area (Å²) < 4.78 is 5.41. The van der Waals surface area contributed by atoms with Gasteiger partial charge >= 0.3 is 7.62 Å². The topological polar surface area (TPSA) is 71.0 Å². The number of hydrogen-bond donors (Lipinski definition) is 3. The Morgan fingerprint density at radius 2 is 1.17 bits per heavy atom. The van der Waals surface area contributed by atoms with Gasteiger partial charge in [0, 0.05) is 0 Å². The van der Waals surface area contributed by atoms with Crippen LogP contribution in [0.2, 0.25) is 0 Å². The maximum absolute atomic E-state index is 9.88. The second-order valence-electron chi connectivity index (χ2n) is 6.59. The molecule has 0 fully saturated rings. The van der Waals surface area contributed by atoms with Gasteiger partial charge in [0.05, 0.1) is 16.8 Å². The molecule has 6 heteroatoms. The van der Waals surface area contributed by atoms with Crippen molar-refractivity contribution in [3.63, 3.8) is 0 Å². The van der Waals surface area contributed by atoms with E-state index in [4.69, 9.17) is 9.49 Å². The van der Waals surface area contributed by atoms with Crippen LogP contribution < -0.4 is 5.39 Å². The molecule has 1 radical (unpaired) electrons. The molecule has 0 saturated heterocycles. The molecule has 3 N–H and O–H groups in total. The second-order valence-corrected chi connectivity index (χ2v) is 6.59. The highest BCUT2D eigenvalue weighted by atomic mass is 16.7. The molecule has 0 aromatic carbocycles. The molecule has 0 aromatic rings. The number of hydrogen-bond acceptors (Lipinski definition) is 5. The van der Waals surface area contributed by atoms with E-state index in [1.165, 1.54) is 7.62 Å². The van der Waals surface area contributed by atoms with Crippen LogP contribution in [-0.2, 0) is 9.49 Å². The van der Waals surface area contributed by atoms with Crippen molar-refractivity contribution < 1.29 is 19.7 Å². The SMILES string of the molecule is CC(C)(O)C(C)(C)O[B]NOC(C)(C)C(C)(C)O. The van der Waals surface area contributed by atoms with E-state index in [1.54, 1.807) is 55.4 Å². The molecule has 0 rings (SSSR count). The van der Waals surface area contributed by atoms with E-state index in [9.17, 15) is 10.2 Å². The Kier molecular flexibility index (Phi) is 5.43. The average Bonchev–Trinajstić information content (AvgIpc) is 2.08. The van der Waals surface area contributed by atoms with Crippen LogP contribution in [0.15, 0.2) is 0 Å². The minimum atomic E-state index is -1.00. The van der Waals surface area contributed by atoms with Gasteiger partial charge in [-0.2, -0.15) is 0 Å². The van der Waals surface area contributed by atoms with Crippen LogP contribution in [0.25, 0.3) is 0 Å². The molecular formula is C12H27BNO4. The van der Waals surface area contributed by atoms with Crippen molar-refractivity contribution in [2.75, 3.05) is 0 Å². The van der Waals surface area contributed by atoms with Gasteiger partial charge in [-0.05, 0) is 55.4 Å². The number of aliphatic hydroxyl groups is 2. The second kappa shape index (κ2) is 5.47. The van der Waals surface area contributed by atoms with Crippen molar-refractivity contribution in [1.29, 1.82) is 0 Å². The Balaban J connectivity index is 4.17. The highest BCUT2D eigenvalue weighted by Crippen LogP contribution is 2.25. The smallest absolute Gasteiger partial charge is 0.415 e. The Hall–Kier alpha value is -0.135. The quantitative estimate of drug-likeness (QED) is 0.364. The third kappa shape index (κ3) is 4.86. The van der Waals surface area contributed by atoms with Crippen LogP contribution >= 0.6 is 0 Å². The predicted molar refractivity (Wildman–Crippen MR) is 71.8 cm³/mol. The number of rotatable bonds is 7. The van der Waals surface area contributed by atoms with E-state index in [0.29, 0.717) is 0 Å². The molecule has 0 saturated carbocycles. The molecule has 0 unspecified atom stereocenters. The van der Waals surface area contributed by atoms with Crippen molar-refractivity contribution in [2.24, 2.45) is 0 Å². The van der Waals surface area contributed by atoms with Crippen LogP contribution in [0.1, 0.15) is 55.4 Å². The summed E-state index contributed by atoms with van der Waals surface area (Å²) >= 11 is 0. The molecule has 0 aliphatic rings. The molecule has 0 heterocycles. The lowest BCUT2D eigenvalue weighted by Gasteiger charge is -2.39. The predicted octanol–water partition coefficient (Wildman–Crippen LogP) is 1.16. The van der Waals surface area contributed by atoms with Gasteiger partial charge in [-0.15, -0.1) is 0 Å². The average molecular weight is 260 g/mol. The third-order valence-electron chi connectivity index (χ3n) is 3.66. The van der Waals surface area contributed by atoms with E-state index in [2.05, 4.69) is 5.39 Å². The summed E-state index contributed by atoms with van der Waals surface area (Å²) in [6, 6.07) is 0. The van der Waals surface area contributed by atoms with E-state index in [1.807, 2.05) is 0 Å². The molecule has 5 nitrogen and oxygen atoms in total. The van der Waals surface area contributed by atoms with Gasteiger partial charge < -0.3 is 19.7 Å². The fourth-order valence-electron chi connectivity index (χ4n) is 0.612. The van der Waals surface area contributed by atoms with E-state index >= 15 is 0 Å². The standard InChI is InChI=1S/C12H27BNO4/c1-9(2,15)11(5,6)17-13-14-18-12(7,8)10(3,4)16/h14-16H,1-8H3. The highest BCUT2D eigenvalue weighted by molar-refractivity contribution is 6.23. The summed E-state index contributed by atoms with van der Waals surface area (Å²) in [6.07, 6.45) is 0. The monoisotopic (exact) mass is 260 g/mol. The van der Waals surface area contributed by atoms with Crippen LogP contribution in [-0.4, -0.2) is 40.2 Å². The fraction of sp³-hybridized carbons (Fsp3) is 1.00. The van der Waals surface area contributed by atoms with Crippen molar-refractivity contribution >= 4 is 7.62 Å². The summed E-state index contributed by atoms with van der Waals surface area (Å²) in [7, 11) is 1.27. The molecule has 0 aliphatic carbocycles. The van der Waals surface area contributed by atoms with E-state index in [-0.39, 0.29) is 0 Å². The number of nitrogens with one attached hydrogen (secondary N) is 1. The molecule has 107 valence electrons. The lowest BCUT2D eigenvalue weighted by Crippen LogP contribution is -2.53. The Morgan fingerprint density at radius 1 is 0.778 bits per heavy atom. The van der Waals surface area contributed by atoms with Gasteiger partial charge in [0.15, 0.2) is 0 Å². The Bertz CT molecular complexity index is 238. The first-order valence-corrected chi connectivity index (χ1v) is 6.08. The van der Waals surface area contributed by atoms with Gasteiger partial charge in [-0.1, -0.05) is 0 Å². The van der Waals surface area contributed by atoms with Crippen molar-refractivity contribution in [3.05, 3.63) is 0 Å². The van der Waals surface area contributed by atoms with Gasteiger partial charge in [0.25, 0.3) is 0 Å². The van der Waals surface area contributed by atoms with E-state index in [0.717, 1.165) is 0 Å². The molecule has 0 aromatic heterocycles. The van der Waals surface area contributed by atoms with Gasteiger partial charge in [0.2, 0.25) is 0 Å². The maximum Gasteiger partial charge on any atom is 0.422 e. The summed E-state index contributed by atoms with van der Waals surface area (Å²) in [5, 5.41) is 22.3. The van der Waals surface area contributed by atoms with Crippen LogP contribution in [0.4, 0.5) is 0 Å². The molecule has 0 amide bonds. The van der Waals surface area contributed by atoms with Crippen molar-refractivity contribution in [2.45, 2.75) is 77.8 Å². The molecule has 18 heavy (non-hydrogen) atoms. The first-order valence-electron chi connectivity index (χ1n) is 6.08. The van der Waals surface area contributed by atoms with Gasteiger partial charge in [0.1, 0.15) is 5.60 Å². The third-order valence-corrected chi connectivity index (χ3v) is 3.66. The van der Waals surface area contributed by atoms with E-state index < -0.39 is 22.4 Å². The largest absolute Gasteiger partial charge is 0.422 e.